The van der Waals surface area contributed by atoms with Gasteiger partial charge in [0.15, 0.2) is 0 Å². The highest BCUT2D eigenvalue weighted by Gasteiger charge is 2.34. The van der Waals surface area contributed by atoms with Crippen molar-refractivity contribution in [3.63, 3.8) is 0 Å². The van der Waals surface area contributed by atoms with Gasteiger partial charge in [-0.15, -0.1) is 0 Å². The van der Waals surface area contributed by atoms with Gasteiger partial charge >= 0.3 is 0 Å². The molecule has 0 spiro atoms. The van der Waals surface area contributed by atoms with Gasteiger partial charge in [-0.05, 0) is 39.3 Å². The van der Waals surface area contributed by atoms with Gasteiger partial charge in [0.25, 0.3) is 0 Å². The predicted molar refractivity (Wildman–Crippen MR) is 79.5 cm³/mol. The van der Waals surface area contributed by atoms with Crippen LogP contribution >= 0.6 is 0 Å². The summed E-state index contributed by atoms with van der Waals surface area (Å²) in [6.07, 6.45) is 1.70. The van der Waals surface area contributed by atoms with Gasteiger partial charge in [0.05, 0.1) is 12.7 Å². The largest absolute Gasteiger partial charge is 0.374 e. The number of hydrogen-bond acceptors (Lipinski definition) is 4. The number of rotatable bonds is 5. The van der Waals surface area contributed by atoms with Crippen LogP contribution in [0, 0.1) is 5.41 Å². The summed E-state index contributed by atoms with van der Waals surface area (Å²) in [4.78, 5) is 5.13. The molecule has 0 aromatic carbocycles. The molecule has 0 aromatic rings. The predicted octanol–water partition coefficient (Wildman–Crippen LogP) is 1.03. The quantitative estimate of drug-likeness (QED) is 0.807. The zero-order valence-corrected chi connectivity index (χ0v) is 13.1. The van der Waals surface area contributed by atoms with E-state index in [4.69, 9.17) is 4.74 Å². The third kappa shape index (κ3) is 4.15. The Labute approximate surface area is 118 Å². The molecular formula is C15H31N3O. The Morgan fingerprint density at radius 2 is 2.16 bits per heavy atom. The molecule has 2 saturated heterocycles. The average Bonchev–Trinajstić information content (AvgIpc) is 2.71. The Morgan fingerprint density at radius 1 is 1.37 bits per heavy atom. The molecule has 4 nitrogen and oxygen atoms in total. The summed E-state index contributed by atoms with van der Waals surface area (Å²) in [7, 11) is 2.05. The van der Waals surface area contributed by atoms with Crippen molar-refractivity contribution < 1.29 is 4.74 Å². The van der Waals surface area contributed by atoms with Gasteiger partial charge in [-0.3, -0.25) is 4.90 Å². The highest BCUT2D eigenvalue weighted by atomic mass is 16.5. The van der Waals surface area contributed by atoms with Crippen molar-refractivity contribution in [3.8, 4) is 0 Å². The summed E-state index contributed by atoms with van der Waals surface area (Å²) in [5.41, 5.74) is 0.446. The molecule has 2 rings (SSSR count). The molecule has 4 heteroatoms. The van der Waals surface area contributed by atoms with Crippen molar-refractivity contribution in [1.29, 1.82) is 0 Å². The fraction of sp³-hybridized carbons (Fsp3) is 1.00. The molecule has 1 N–H and O–H groups in total. The van der Waals surface area contributed by atoms with Crippen LogP contribution in [0.4, 0.5) is 0 Å². The van der Waals surface area contributed by atoms with Crippen molar-refractivity contribution in [2.45, 2.75) is 39.3 Å². The van der Waals surface area contributed by atoms with Crippen molar-refractivity contribution in [3.05, 3.63) is 0 Å². The third-order valence-corrected chi connectivity index (χ3v) is 4.60. The van der Waals surface area contributed by atoms with Crippen LogP contribution in [0.15, 0.2) is 0 Å². The molecule has 112 valence electrons. The molecule has 0 bridgehead atoms. The maximum Gasteiger partial charge on any atom is 0.0829 e. The van der Waals surface area contributed by atoms with Crippen LogP contribution in [-0.2, 0) is 4.74 Å². The number of nitrogens with one attached hydrogen (secondary N) is 1. The minimum absolute atomic E-state index is 0.396. The lowest BCUT2D eigenvalue weighted by Gasteiger charge is -2.37. The highest BCUT2D eigenvalue weighted by molar-refractivity contribution is 4.89. The SMILES string of the molecule is CNCC1(C)CCN(CC2CN(C(C)C)CCO2)C1. The van der Waals surface area contributed by atoms with Crippen LogP contribution in [-0.4, -0.2) is 74.9 Å². The number of morpholine rings is 1. The minimum Gasteiger partial charge on any atom is -0.374 e. The second-order valence-electron chi connectivity index (χ2n) is 6.91. The molecular weight excluding hydrogens is 238 g/mol. The van der Waals surface area contributed by atoms with E-state index >= 15 is 0 Å². The fourth-order valence-electron chi connectivity index (χ4n) is 3.46. The first-order valence-electron chi connectivity index (χ1n) is 7.75. The smallest absolute Gasteiger partial charge is 0.0829 e. The molecule has 0 radical (unpaired) electrons. The Balaban J connectivity index is 1.79. The standard InChI is InChI=1S/C15H31N3O/c1-13(2)18-7-8-19-14(10-18)9-17-6-5-15(3,12-17)11-16-4/h13-14,16H,5-12H2,1-4H3. The summed E-state index contributed by atoms with van der Waals surface area (Å²) >= 11 is 0. The minimum atomic E-state index is 0.396. The van der Waals surface area contributed by atoms with Crippen LogP contribution in [0.2, 0.25) is 0 Å². The lowest BCUT2D eigenvalue weighted by molar-refractivity contribution is -0.0506. The lowest BCUT2D eigenvalue weighted by Crippen LogP contribution is -2.49. The van der Waals surface area contributed by atoms with Gasteiger partial charge in [0, 0.05) is 38.8 Å². The van der Waals surface area contributed by atoms with E-state index in [0.717, 1.165) is 32.8 Å². The van der Waals surface area contributed by atoms with Gasteiger partial charge in [-0.25, -0.2) is 0 Å². The Morgan fingerprint density at radius 3 is 2.84 bits per heavy atom. The summed E-state index contributed by atoms with van der Waals surface area (Å²) in [5.74, 6) is 0. The highest BCUT2D eigenvalue weighted by Crippen LogP contribution is 2.29. The fourth-order valence-corrected chi connectivity index (χ4v) is 3.46. The van der Waals surface area contributed by atoms with E-state index in [1.165, 1.54) is 19.5 Å². The summed E-state index contributed by atoms with van der Waals surface area (Å²) in [6, 6.07) is 0.638. The van der Waals surface area contributed by atoms with E-state index in [-0.39, 0.29) is 0 Å². The molecule has 2 atom stereocenters. The first-order chi connectivity index (χ1) is 9.02. The van der Waals surface area contributed by atoms with E-state index in [0.29, 0.717) is 17.6 Å². The molecule has 2 aliphatic heterocycles. The molecule has 2 aliphatic rings. The third-order valence-electron chi connectivity index (χ3n) is 4.60. The van der Waals surface area contributed by atoms with Gasteiger partial charge in [0.2, 0.25) is 0 Å². The molecule has 0 amide bonds. The summed E-state index contributed by atoms with van der Waals surface area (Å²) in [6.45, 7) is 14.7. The van der Waals surface area contributed by atoms with Gasteiger partial charge in [-0.1, -0.05) is 6.92 Å². The monoisotopic (exact) mass is 269 g/mol. The van der Waals surface area contributed by atoms with Crippen molar-refractivity contribution in [2.75, 3.05) is 52.9 Å². The Bertz CT molecular complexity index is 285. The number of nitrogens with zero attached hydrogens (tertiary/aromatic N) is 2. The van der Waals surface area contributed by atoms with E-state index in [9.17, 15) is 0 Å². The van der Waals surface area contributed by atoms with Gasteiger partial charge < -0.3 is 15.0 Å². The maximum absolute atomic E-state index is 5.95. The van der Waals surface area contributed by atoms with E-state index in [1.807, 2.05) is 0 Å². The van der Waals surface area contributed by atoms with Crippen molar-refractivity contribution in [2.24, 2.45) is 5.41 Å². The van der Waals surface area contributed by atoms with Crippen LogP contribution in [0.3, 0.4) is 0 Å². The zero-order chi connectivity index (χ0) is 13.9. The van der Waals surface area contributed by atoms with E-state index < -0.39 is 0 Å². The van der Waals surface area contributed by atoms with Crippen LogP contribution in [0.5, 0.6) is 0 Å². The summed E-state index contributed by atoms with van der Waals surface area (Å²) < 4.78 is 5.95. The zero-order valence-electron chi connectivity index (χ0n) is 13.1. The van der Waals surface area contributed by atoms with E-state index in [1.54, 1.807) is 0 Å². The van der Waals surface area contributed by atoms with Crippen LogP contribution in [0.1, 0.15) is 27.2 Å². The molecule has 0 aromatic heterocycles. The average molecular weight is 269 g/mol. The number of ether oxygens (including phenoxy) is 1. The maximum atomic E-state index is 5.95. The summed E-state index contributed by atoms with van der Waals surface area (Å²) in [5, 5.41) is 3.33. The topological polar surface area (TPSA) is 27.7 Å². The van der Waals surface area contributed by atoms with Crippen LogP contribution in [0.25, 0.3) is 0 Å². The molecule has 0 saturated carbocycles. The van der Waals surface area contributed by atoms with E-state index in [2.05, 4.69) is 42.9 Å². The second-order valence-corrected chi connectivity index (χ2v) is 6.91. The van der Waals surface area contributed by atoms with Crippen LogP contribution < -0.4 is 5.32 Å². The Hall–Kier alpha value is -0.160. The van der Waals surface area contributed by atoms with Crippen molar-refractivity contribution >= 4 is 0 Å². The molecule has 0 aliphatic carbocycles. The molecule has 2 unspecified atom stereocenters. The van der Waals surface area contributed by atoms with Gasteiger partial charge in [-0.2, -0.15) is 0 Å². The molecule has 2 heterocycles. The number of likely N-dealkylation sites (tertiary alicyclic amines) is 1. The first kappa shape index (κ1) is 15.2. The Kier molecular flexibility index (Phi) is 5.23. The van der Waals surface area contributed by atoms with Gasteiger partial charge in [0.1, 0.15) is 0 Å². The van der Waals surface area contributed by atoms with Crippen molar-refractivity contribution in [1.82, 2.24) is 15.1 Å². The number of hydrogen-bond donors (Lipinski definition) is 1. The molecule has 2 fully saturated rings. The molecule has 19 heavy (non-hydrogen) atoms. The second kappa shape index (κ2) is 6.53. The normalized spacial score (nSPS) is 34.3. The lowest BCUT2D eigenvalue weighted by atomic mass is 9.90. The first-order valence-corrected chi connectivity index (χ1v) is 7.75.